The topological polar surface area (TPSA) is 32.3 Å². The molecular formula is C16H15NO. The van der Waals surface area contributed by atoms with Crippen LogP contribution in [0.15, 0.2) is 54.6 Å². The van der Waals surface area contributed by atoms with Crippen molar-refractivity contribution in [2.75, 3.05) is 12.4 Å². The first kappa shape index (κ1) is 12.2. The zero-order chi connectivity index (χ0) is 13.0. The van der Waals surface area contributed by atoms with Gasteiger partial charge in [0.2, 0.25) is 0 Å². The van der Waals surface area contributed by atoms with Crippen molar-refractivity contribution >= 4 is 5.69 Å². The van der Waals surface area contributed by atoms with E-state index in [4.69, 9.17) is 6.42 Å². The number of benzene rings is 2. The van der Waals surface area contributed by atoms with Gasteiger partial charge in [-0.2, -0.15) is 0 Å². The SMILES string of the molecule is C#CC(O)(c1ccccc1)c1ccc(NC)cc1. The highest BCUT2D eigenvalue weighted by Gasteiger charge is 2.28. The molecule has 0 saturated heterocycles. The van der Waals surface area contributed by atoms with Gasteiger partial charge in [-0.1, -0.05) is 48.4 Å². The molecule has 0 aliphatic heterocycles. The van der Waals surface area contributed by atoms with Crippen molar-refractivity contribution in [3.63, 3.8) is 0 Å². The van der Waals surface area contributed by atoms with Gasteiger partial charge in [0.1, 0.15) is 0 Å². The maximum Gasteiger partial charge on any atom is 0.176 e. The van der Waals surface area contributed by atoms with E-state index in [0.717, 1.165) is 5.69 Å². The molecule has 2 aromatic carbocycles. The summed E-state index contributed by atoms with van der Waals surface area (Å²) in [4.78, 5) is 0. The zero-order valence-corrected chi connectivity index (χ0v) is 10.2. The molecule has 1 atom stereocenters. The van der Waals surface area contributed by atoms with Crippen LogP contribution in [0.2, 0.25) is 0 Å². The van der Waals surface area contributed by atoms with Crippen LogP contribution in [0.3, 0.4) is 0 Å². The fourth-order valence-corrected chi connectivity index (χ4v) is 1.89. The normalized spacial score (nSPS) is 13.4. The molecule has 0 saturated carbocycles. The molecule has 90 valence electrons. The average molecular weight is 237 g/mol. The van der Waals surface area contributed by atoms with Gasteiger partial charge in [-0.05, 0) is 12.1 Å². The van der Waals surface area contributed by atoms with Crippen LogP contribution in [-0.2, 0) is 5.60 Å². The van der Waals surface area contributed by atoms with E-state index in [2.05, 4.69) is 11.2 Å². The van der Waals surface area contributed by atoms with Gasteiger partial charge in [0.25, 0.3) is 0 Å². The van der Waals surface area contributed by atoms with Gasteiger partial charge >= 0.3 is 0 Å². The summed E-state index contributed by atoms with van der Waals surface area (Å²) in [6.45, 7) is 0. The van der Waals surface area contributed by atoms with Gasteiger partial charge in [-0.25, -0.2) is 0 Å². The van der Waals surface area contributed by atoms with Gasteiger partial charge < -0.3 is 10.4 Å². The molecule has 2 heteroatoms. The average Bonchev–Trinajstić information content (AvgIpc) is 2.47. The maximum atomic E-state index is 10.7. The lowest BCUT2D eigenvalue weighted by Gasteiger charge is -2.23. The van der Waals surface area contributed by atoms with Gasteiger partial charge in [-0.15, -0.1) is 6.42 Å². The number of nitrogens with one attached hydrogen (secondary N) is 1. The molecule has 2 aromatic rings. The summed E-state index contributed by atoms with van der Waals surface area (Å²) < 4.78 is 0. The predicted octanol–water partition coefficient (Wildman–Crippen LogP) is 2.60. The van der Waals surface area contributed by atoms with Crippen LogP contribution < -0.4 is 5.32 Å². The Morgan fingerprint density at radius 1 is 1.00 bits per heavy atom. The van der Waals surface area contributed by atoms with E-state index in [0.29, 0.717) is 11.1 Å². The minimum absolute atomic E-state index is 0.690. The Morgan fingerprint density at radius 3 is 2.06 bits per heavy atom. The first-order valence-electron chi connectivity index (χ1n) is 5.74. The predicted molar refractivity (Wildman–Crippen MR) is 74.3 cm³/mol. The van der Waals surface area contributed by atoms with Crippen LogP contribution in [0, 0.1) is 12.3 Å². The first-order valence-corrected chi connectivity index (χ1v) is 5.74. The van der Waals surface area contributed by atoms with Crippen molar-refractivity contribution in [3.8, 4) is 12.3 Å². The maximum absolute atomic E-state index is 10.7. The number of rotatable bonds is 3. The molecule has 1 unspecified atom stereocenters. The van der Waals surface area contributed by atoms with Crippen molar-refractivity contribution in [1.82, 2.24) is 0 Å². The highest BCUT2D eigenvalue weighted by molar-refractivity contribution is 5.50. The van der Waals surface area contributed by atoms with E-state index in [1.807, 2.05) is 61.6 Å². The lowest BCUT2D eigenvalue weighted by Crippen LogP contribution is -2.24. The number of hydrogen-bond donors (Lipinski definition) is 2. The van der Waals surface area contributed by atoms with Gasteiger partial charge in [0, 0.05) is 23.9 Å². The fraction of sp³-hybridized carbons (Fsp3) is 0.125. The third kappa shape index (κ3) is 2.09. The van der Waals surface area contributed by atoms with Gasteiger partial charge in [0.05, 0.1) is 0 Å². The van der Waals surface area contributed by atoms with Crippen LogP contribution in [0.1, 0.15) is 11.1 Å². The quantitative estimate of drug-likeness (QED) is 0.804. The molecule has 0 amide bonds. The molecular weight excluding hydrogens is 222 g/mol. The van der Waals surface area contributed by atoms with E-state index >= 15 is 0 Å². The summed E-state index contributed by atoms with van der Waals surface area (Å²) in [6, 6.07) is 16.7. The Hall–Kier alpha value is -2.24. The summed E-state index contributed by atoms with van der Waals surface area (Å²) in [7, 11) is 1.85. The van der Waals surface area contributed by atoms with E-state index < -0.39 is 5.60 Å². The van der Waals surface area contributed by atoms with E-state index in [1.54, 1.807) is 0 Å². The molecule has 18 heavy (non-hydrogen) atoms. The molecule has 2 rings (SSSR count). The standard InChI is InChI=1S/C16H15NO/c1-3-16(18,13-7-5-4-6-8-13)14-9-11-15(17-2)12-10-14/h1,4-12,17-18H,2H3. The van der Waals surface area contributed by atoms with Crippen LogP contribution in [0.25, 0.3) is 0 Å². The molecule has 0 heterocycles. The van der Waals surface area contributed by atoms with E-state index in [9.17, 15) is 5.11 Å². The third-order valence-corrected chi connectivity index (χ3v) is 2.99. The van der Waals surface area contributed by atoms with E-state index in [1.165, 1.54) is 0 Å². The minimum atomic E-state index is -1.38. The van der Waals surface area contributed by atoms with E-state index in [-0.39, 0.29) is 0 Å². The second-order valence-corrected chi connectivity index (χ2v) is 4.05. The Morgan fingerprint density at radius 2 is 1.56 bits per heavy atom. The Balaban J connectivity index is 2.47. The lowest BCUT2D eigenvalue weighted by molar-refractivity contribution is 0.145. The lowest BCUT2D eigenvalue weighted by atomic mass is 9.87. The highest BCUT2D eigenvalue weighted by atomic mass is 16.3. The van der Waals surface area contributed by atoms with Gasteiger partial charge in [0.15, 0.2) is 5.60 Å². The molecule has 0 spiro atoms. The number of anilines is 1. The summed E-state index contributed by atoms with van der Waals surface area (Å²) in [5.41, 5.74) is 0.985. The van der Waals surface area contributed by atoms with Crippen LogP contribution >= 0.6 is 0 Å². The summed E-state index contributed by atoms with van der Waals surface area (Å²) >= 11 is 0. The molecule has 0 aliphatic carbocycles. The van der Waals surface area contributed by atoms with Crippen LogP contribution in [-0.4, -0.2) is 12.2 Å². The summed E-state index contributed by atoms with van der Waals surface area (Å²) in [6.07, 6.45) is 5.53. The molecule has 0 fully saturated rings. The molecule has 0 aromatic heterocycles. The molecule has 2 nitrogen and oxygen atoms in total. The molecule has 0 bridgehead atoms. The molecule has 0 aliphatic rings. The van der Waals surface area contributed by atoms with Crippen LogP contribution in [0.4, 0.5) is 5.69 Å². The smallest absolute Gasteiger partial charge is 0.176 e. The molecule has 2 N–H and O–H groups in total. The number of aliphatic hydroxyl groups is 1. The Bertz CT molecular complexity index is 554. The second-order valence-electron chi connectivity index (χ2n) is 4.05. The van der Waals surface area contributed by atoms with Crippen molar-refractivity contribution < 1.29 is 5.11 Å². The first-order chi connectivity index (χ1) is 8.70. The van der Waals surface area contributed by atoms with Crippen molar-refractivity contribution in [2.45, 2.75) is 5.60 Å². The molecule has 0 radical (unpaired) electrons. The largest absolute Gasteiger partial charge is 0.388 e. The minimum Gasteiger partial charge on any atom is -0.388 e. The van der Waals surface area contributed by atoms with Gasteiger partial charge in [-0.3, -0.25) is 0 Å². The van der Waals surface area contributed by atoms with Crippen molar-refractivity contribution in [3.05, 3.63) is 65.7 Å². The Labute approximate surface area is 107 Å². The van der Waals surface area contributed by atoms with Crippen molar-refractivity contribution in [1.29, 1.82) is 0 Å². The third-order valence-electron chi connectivity index (χ3n) is 2.99. The summed E-state index contributed by atoms with van der Waals surface area (Å²) in [5.74, 6) is 2.48. The second kappa shape index (κ2) is 4.95. The Kier molecular flexibility index (Phi) is 3.36. The summed E-state index contributed by atoms with van der Waals surface area (Å²) in [5, 5.41) is 13.7. The van der Waals surface area contributed by atoms with Crippen molar-refractivity contribution in [2.24, 2.45) is 0 Å². The number of hydrogen-bond acceptors (Lipinski definition) is 2. The highest BCUT2D eigenvalue weighted by Crippen LogP contribution is 2.29. The number of terminal acetylenes is 1. The monoisotopic (exact) mass is 237 g/mol. The fourth-order valence-electron chi connectivity index (χ4n) is 1.89. The van der Waals surface area contributed by atoms with Crippen LogP contribution in [0.5, 0.6) is 0 Å². The zero-order valence-electron chi connectivity index (χ0n) is 10.2.